The van der Waals surface area contributed by atoms with Crippen LogP contribution in [0.3, 0.4) is 0 Å². The Bertz CT molecular complexity index is 944. The Kier molecular flexibility index (Phi) is 6.03. The third-order valence-electron chi connectivity index (χ3n) is 5.06. The van der Waals surface area contributed by atoms with E-state index in [0.717, 1.165) is 11.1 Å². The molecular formula is C23H24O6. The minimum Gasteiger partial charge on any atom is -0.511 e. The van der Waals surface area contributed by atoms with Crippen LogP contribution >= 0.6 is 0 Å². The molecule has 0 fully saturated rings. The van der Waals surface area contributed by atoms with Gasteiger partial charge in [0.15, 0.2) is 5.41 Å². The van der Waals surface area contributed by atoms with Crippen LogP contribution in [0.4, 0.5) is 0 Å². The molecule has 3 aliphatic carbocycles. The molecule has 0 amide bonds. The van der Waals surface area contributed by atoms with Gasteiger partial charge in [0.05, 0.1) is 18.8 Å². The molecule has 2 atom stereocenters. The highest BCUT2D eigenvalue weighted by Crippen LogP contribution is 2.47. The van der Waals surface area contributed by atoms with Crippen molar-refractivity contribution in [2.75, 3.05) is 20.3 Å². The summed E-state index contributed by atoms with van der Waals surface area (Å²) >= 11 is 0. The summed E-state index contributed by atoms with van der Waals surface area (Å²) in [7, 11) is 1.38. The fraction of sp³-hybridized carbons (Fsp3) is 0.304. The van der Waals surface area contributed by atoms with Crippen LogP contribution in [0.5, 0.6) is 0 Å². The molecule has 0 aromatic rings. The van der Waals surface area contributed by atoms with E-state index in [0.29, 0.717) is 5.56 Å². The van der Waals surface area contributed by atoms with Crippen LogP contribution < -0.4 is 0 Å². The second kappa shape index (κ2) is 8.49. The van der Waals surface area contributed by atoms with Crippen LogP contribution in [0.2, 0.25) is 0 Å². The van der Waals surface area contributed by atoms with Crippen molar-refractivity contribution in [1.29, 1.82) is 0 Å². The first-order chi connectivity index (χ1) is 14.0. The molecule has 0 saturated carbocycles. The summed E-state index contributed by atoms with van der Waals surface area (Å²) in [6.45, 7) is 3.65. The number of allylic oxidation sites excluding steroid dienone is 2. The molecule has 3 rings (SSSR count). The van der Waals surface area contributed by atoms with Crippen LogP contribution in [-0.2, 0) is 29.2 Å². The zero-order valence-electron chi connectivity index (χ0n) is 16.7. The average molecular weight is 396 g/mol. The fourth-order valence-electron chi connectivity index (χ4n) is 3.85. The highest BCUT2D eigenvalue weighted by molar-refractivity contribution is 5.98. The Morgan fingerprint density at radius 1 is 1.00 bits per heavy atom. The molecule has 1 N–H and O–H groups in total. The van der Waals surface area contributed by atoms with Gasteiger partial charge in [-0.25, -0.2) is 4.79 Å². The first kappa shape index (κ1) is 20.6. The quantitative estimate of drug-likeness (QED) is 0.752. The molecule has 152 valence electrons. The number of fused-ring (bicyclic) bond motifs is 1. The molecule has 6 nitrogen and oxygen atoms in total. The van der Waals surface area contributed by atoms with Crippen LogP contribution in [0.1, 0.15) is 19.4 Å². The summed E-state index contributed by atoms with van der Waals surface area (Å²) < 4.78 is 16.2. The van der Waals surface area contributed by atoms with Crippen LogP contribution in [0.25, 0.3) is 11.1 Å². The maximum absolute atomic E-state index is 13.4. The maximum atomic E-state index is 13.4. The number of esters is 2. The number of carbonyl (C=O) groups is 2. The van der Waals surface area contributed by atoms with Crippen molar-refractivity contribution in [2.24, 2.45) is 0 Å². The summed E-state index contributed by atoms with van der Waals surface area (Å²) in [4.78, 5) is 26.0. The van der Waals surface area contributed by atoms with E-state index in [2.05, 4.69) is 0 Å². The first-order valence-corrected chi connectivity index (χ1v) is 9.49. The number of carbonyl (C=O) groups excluding carboxylic acids is 2. The lowest BCUT2D eigenvalue weighted by atomic mass is 9.68. The summed E-state index contributed by atoms with van der Waals surface area (Å²) in [5.74, 6) is -1.57. The molecule has 0 spiro atoms. The van der Waals surface area contributed by atoms with E-state index in [1.807, 2.05) is 36.4 Å². The Morgan fingerprint density at radius 3 is 2.41 bits per heavy atom. The van der Waals surface area contributed by atoms with E-state index < -0.39 is 23.5 Å². The van der Waals surface area contributed by atoms with Gasteiger partial charge in [0, 0.05) is 7.11 Å². The second-order valence-corrected chi connectivity index (χ2v) is 6.57. The summed E-state index contributed by atoms with van der Waals surface area (Å²) in [5, 5.41) is 11.0. The van der Waals surface area contributed by atoms with Crippen LogP contribution in [0.15, 0.2) is 65.9 Å². The van der Waals surface area contributed by atoms with Gasteiger partial charge >= 0.3 is 11.9 Å². The normalized spacial score (nSPS) is 21.3. The van der Waals surface area contributed by atoms with Crippen molar-refractivity contribution < 1.29 is 28.9 Å². The number of rotatable bonds is 6. The molecule has 0 bridgehead atoms. The van der Waals surface area contributed by atoms with E-state index >= 15 is 0 Å². The van der Waals surface area contributed by atoms with Crippen molar-refractivity contribution >= 4 is 11.9 Å². The highest BCUT2D eigenvalue weighted by atomic mass is 16.5. The first-order valence-electron chi connectivity index (χ1n) is 9.49. The largest absolute Gasteiger partial charge is 0.511 e. The van der Waals surface area contributed by atoms with Crippen molar-refractivity contribution in [1.82, 2.24) is 0 Å². The third kappa shape index (κ3) is 3.29. The number of hydrogen-bond donors (Lipinski definition) is 1. The zero-order valence-corrected chi connectivity index (χ0v) is 16.7. The SMILES string of the molecule is CCOC(=O)C1=CC=C(O)C(C(=O)OCC)(c2ccc3cccccc2-3)C1OC. The minimum absolute atomic E-state index is 0.106. The summed E-state index contributed by atoms with van der Waals surface area (Å²) in [6, 6.07) is 13.0. The van der Waals surface area contributed by atoms with Gasteiger partial charge in [-0.15, -0.1) is 0 Å². The van der Waals surface area contributed by atoms with Crippen molar-refractivity contribution in [2.45, 2.75) is 25.4 Å². The Balaban J connectivity index is 2.29. The standard InChI is InChI=1S/C23H24O6/c1-4-28-21(25)17-12-14-19(24)23(20(17)27-3,22(26)29-5-2)18-13-11-15-9-7-6-8-10-16(15)18/h6-14,20,24H,4-5H2,1-3H3. The van der Waals surface area contributed by atoms with Gasteiger partial charge in [0.25, 0.3) is 0 Å². The Hall–Kier alpha value is -3.12. The van der Waals surface area contributed by atoms with Gasteiger partial charge in [0.1, 0.15) is 11.9 Å². The van der Waals surface area contributed by atoms with Gasteiger partial charge in [-0.1, -0.05) is 42.5 Å². The number of aliphatic hydroxyl groups excluding tert-OH is 1. The van der Waals surface area contributed by atoms with Crippen molar-refractivity contribution in [3.63, 3.8) is 0 Å². The lowest BCUT2D eigenvalue weighted by molar-refractivity contribution is -0.155. The highest BCUT2D eigenvalue weighted by Gasteiger charge is 2.58. The second-order valence-electron chi connectivity index (χ2n) is 6.57. The Labute approximate surface area is 169 Å². The monoisotopic (exact) mass is 396 g/mol. The van der Waals surface area contributed by atoms with Gasteiger partial charge in [-0.3, -0.25) is 4.79 Å². The van der Waals surface area contributed by atoms with E-state index in [4.69, 9.17) is 14.2 Å². The molecular weight excluding hydrogens is 372 g/mol. The number of methoxy groups -OCH3 is 1. The number of hydrogen-bond acceptors (Lipinski definition) is 6. The predicted molar refractivity (Wildman–Crippen MR) is 108 cm³/mol. The predicted octanol–water partition coefficient (Wildman–Crippen LogP) is 3.55. The van der Waals surface area contributed by atoms with Gasteiger partial charge < -0.3 is 19.3 Å². The third-order valence-corrected chi connectivity index (χ3v) is 5.06. The van der Waals surface area contributed by atoms with Crippen molar-refractivity contribution in [3.8, 4) is 11.1 Å². The lowest BCUT2D eigenvalue weighted by Crippen LogP contribution is -2.53. The molecule has 6 heteroatoms. The molecule has 29 heavy (non-hydrogen) atoms. The van der Waals surface area contributed by atoms with E-state index in [1.165, 1.54) is 19.3 Å². The molecule has 0 aromatic carbocycles. The van der Waals surface area contributed by atoms with E-state index in [9.17, 15) is 14.7 Å². The summed E-state index contributed by atoms with van der Waals surface area (Å²) in [5.41, 5.74) is 0.517. The van der Waals surface area contributed by atoms with E-state index in [1.54, 1.807) is 19.9 Å². The fourth-order valence-corrected chi connectivity index (χ4v) is 3.85. The van der Waals surface area contributed by atoms with Gasteiger partial charge in [-0.2, -0.15) is 0 Å². The molecule has 0 radical (unpaired) electrons. The van der Waals surface area contributed by atoms with Gasteiger partial charge in [-0.05, 0) is 42.7 Å². The Morgan fingerprint density at radius 2 is 1.72 bits per heavy atom. The molecule has 0 saturated heterocycles. The summed E-state index contributed by atoms with van der Waals surface area (Å²) in [6.07, 6.45) is 1.63. The van der Waals surface area contributed by atoms with Gasteiger partial charge in [0.2, 0.25) is 0 Å². The zero-order chi connectivity index (χ0) is 21.0. The van der Waals surface area contributed by atoms with Crippen LogP contribution in [-0.4, -0.2) is 43.5 Å². The minimum atomic E-state index is -1.74. The average Bonchev–Trinajstić information content (AvgIpc) is 2.96. The maximum Gasteiger partial charge on any atom is 0.336 e. The van der Waals surface area contributed by atoms with Crippen LogP contribution in [0, 0.1) is 0 Å². The molecule has 0 aromatic heterocycles. The smallest absolute Gasteiger partial charge is 0.336 e. The lowest BCUT2D eigenvalue weighted by Gasteiger charge is -2.39. The topological polar surface area (TPSA) is 82.1 Å². The molecule has 2 unspecified atom stereocenters. The molecule has 3 aliphatic rings. The molecule has 0 heterocycles. The molecule has 0 aliphatic heterocycles. The number of ether oxygens (including phenoxy) is 3. The van der Waals surface area contributed by atoms with E-state index in [-0.39, 0.29) is 24.5 Å². The number of aliphatic hydroxyl groups is 1. The van der Waals surface area contributed by atoms with Crippen molar-refractivity contribution in [3.05, 3.63) is 71.5 Å².